The second-order valence-corrected chi connectivity index (χ2v) is 11.5. The van der Waals surface area contributed by atoms with Gasteiger partial charge in [0.25, 0.3) is 0 Å². The molecule has 4 aliphatic heterocycles. The van der Waals surface area contributed by atoms with Crippen molar-refractivity contribution < 1.29 is 22.5 Å². The number of carbonyl (C=O) groups is 2. The molecule has 4 aliphatic rings. The SMILES string of the molecule is Cc1noc(C)c1S(=O)(=O)N1CCN(C(=O)N2C[C@H]3C[C@H](C2)[C@H]2CCCC(=O)N2C3)CC1. The van der Waals surface area contributed by atoms with E-state index in [-0.39, 0.29) is 41.7 Å². The van der Waals surface area contributed by atoms with Crippen molar-refractivity contribution in [3.8, 4) is 0 Å². The number of amides is 3. The van der Waals surface area contributed by atoms with Crippen molar-refractivity contribution in [2.45, 2.75) is 50.5 Å². The summed E-state index contributed by atoms with van der Waals surface area (Å²) in [6.07, 6.45) is 3.71. The molecule has 0 unspecified atom stereocenters. The predicted octanol–water partition coefficient (Wildman–Crippen LogP) is 1.05. The largest absolute Gasteiger partial charge is 0.360 e. The van der Waals surface area contributed by atoms with Crippen molar-refractivity contribution in [3.63, 3.8) is 0 Å². The number of aromatic nitrogens is 1. The molecule has 1 aromatic heterocycles. The molecule has 11 heteroatoms. The molecule has 5 heterocycles. The normalized spacial score (nSPS) is 29.2. The van der Waals surface area contributed by atoms with E-state index in [0.29, 0.717) is 50.1 Å². The first-order chi connectivity index (χ1) is 15.3. The van der Waals surface area contributed by atoms with E-state index >= 15 is 0 Å². The molecular weight excluding hydrogens is 434 g/mol. The summed E-state index contributed by atoms with van der Waals surface area (Å²) in [5.74, 6) is 1.23. The summed E-state index contributed by atoms with van der Waals surface area (Å²) in [5.41, 5.74) is 0.358. The summed E-state index contributed by atoms with van der Waals surface area (Å²) in [6, 6.07) is 0.254. The molecule has 0 N–H and O–H groups in total. The lowest BCUT2D eigenvalue weighted by Gasteiger charge is -2.53. The molecule has 0 saturated carbocycles. The number of rotatable bonds is 2. The third-order valence-corrected chi connectivity index (χ3v) is 9.67. The number of sulfonamides is 1. The molecule has 4 fully saturated rings. The third kappa shape index (κ3) is 3.59. The molecule has 1 aromatic rings. The Labute approximate surface area is 188 Å². The maximum atomic E-state index is 13.3. The average molecular weight is 466 g/mol. The van der Waals surface area contributed by atoms with Gasteiger partial charge in [0, 0.05) is 58.3 Å². The summed E-state index contributed by atoms with van der Waals surface area (Å²) < 4.78 is 32.5. The van der Waals surface area contributed by atoms with Crippen molar-refractivity contribution in [1.29, 1.82) is 0 Å². The number of nitrogens with zero attached hydrogens (tertiary/aromatic N) is 5. The zero-order chi connectivity index (χ0) is 22.6. The highest BCUT2D eigenvalue weighted by Crippen LogP contribution is 2.38. The Bertz CT molecular complexity index is 996. The molecule has 4 saturated heterocycles. The minimum absolute atomic E-state index is 0.00956. The van der Waals surface area contributed by atoms with E-state index < -0.39 is 10.0 Å². The monoisotopic (exact) mass is 465 g/mol. The van der Waals surface area contributed by atoms with Crippen molar-refractivity contribution in [1.82, 2.24) is 24.2 Å². The maximum Gasteiger partial charge on any atom is 0.320 e. The zero-order valence-corrected chi connectivity index (χ0v) is 19.5. The number of piperazine rings is 1. The lowest BCUT2D eigenvalue weighted by atomic mass is 9.76. The van der Waals surface area contributed by atoms with Gasteiger partial charge in [-0.15, -0.1) is 0 Å². The van der Waals surface area contributed by atoms with Crippen LogP contribution in [0.4, 0.5) is 4.79 Å². The Morgan fingerprint density at radius 3 is 2.50 bits per heavy atom. The van der Waals surface area contributed by atoms with Gasteiger partial charge in [0.15, 0.2) is 5.76 Å². The molecule has 176 valence electrons. The van der Waals surface area contributed by atoms with Crippen LogP contribution in [-0.2, 0) is 14.8 Å². The molecule has 3 amide bonds. The minimum Gasteiger partial charge on any atom is -0.360 e. The van der Waals surface area contributed by atoms with Gasteiger partial charge in [0.2, 0.25) is 15.9 Å². The molecule has 2 bridgehead atoms. The number of carbonyl (C=O) groups excluding carboxylic acids is 2. The van der Waals surface area contributed by atoms with Gasteiger partial charge in [0.05, 0.1) is 0 Å². The fourth-order valence-electron chi connectivity index (χ4n) is 6.06. The molecule has 10 nitrogen and oxygen atoms in total. The topological polar surface area (TPSA) is 107 Å². The highest BCUT2D eigenvalue weighted by atomic mass is 32.2. The van der Waals surface area contributed by atoms with E-state index in [0.717, 1.165) is 25.8 Å². The fraction of sp³-hybridized carbons (Fsp3) is 0.762. The van der Waals surface area contributed by atoms with Crippen LogP contribution in [-0.4, -0.2) is 96.4 Å². The Kier molecular flexibility index (Phi) is 5.43. The van der Waals surface area contributed by atoms with Crippen LogP contribution in [0, 0.1) is 25.7 Å². The summed E-state index contributed by atoms with van der Waals surface area (Å²) >= 11 is 0. The molecule has 32 heavy (non-hydrogen) atoms. The molecule has 3 atom stereocenters. The quantitative estimate of drug-likeness (QED) is 0.646. The van der Waals surface area contributed by atoms with Gasteiger partial charge in [-0.3, -0.25) is 4.79 Å². The summed E-state index contributed by atoms with van der Waals surface area (Å²) in [6.45, 7) is 6.56. The fourth-order valence-corrected chi connectivity index (χ4v) is 7.77. The van der Waals surface area contributed by atoms with Crippen LogP contribution < -0.4 is 0 Å². The third-order valence-electron chi connectivity index (χ3n) is 7.53. The van der Waals surface area contributed by atoms with Crippen LogP contribution in [0.15, 0.2) is 9.42 Å². The van der Waals surface area contributed by atoms with E-state index in [9.17, 15) is 18.0 Å². The second-order valence-electron chi connectivity index (χ2n) is 9.60. The first kappa shape index (κ1) is 21.7. The number of urea groups is 1. The number of fused-ring (bicyclic) bond motifs is 4. The van der Waals surface area contributed by atoms with Crippen LogP contribution in [0.2, 0.25) is 0 Å². The molecular formula is C21H31N5O5S. The highest BCUT2D eigenvalue weighted by Gasteiger charge is 2.45. The Hall–Kier alpha value is -2.14. The minimum atomic E-state index is -3.70. The number of aryl methyl sites for hydroxylation is 2. The van der Waals surface area contributed by atoms with Crippen molar-refractivity contribution in [2.75, 3.05) is 45.8 Å². The number of hydrogen-bond donors (Lipinski definition) is 0. The Morgan fingerprint density at radius 2 is 1.81 bits per heavy atom. The van der Waals surface area contributed by atoms with Crippen molar-refractivity contribution in [2.24, 2.45) is 11.8 Å². The first-order valence-electron chi connectivity index (χ1n) is 11.5. The van der Waals surface area contributed by atoms with Crippen LogP contribution in [0.25, 0.3) is 0 Å². The standard InChI is InChI=1S/C21H31N5O5S/c1-14-20(15(2)31-22-14)32(29,30)25-8-6-23(7-9-25)21(28)24-11-16-10-17(13-24)18-4-3-5-19(27)26(18)12-16/h16-18H,3-13H2,1-2H3/t16-,17-,18-/m1/s1. The van der Waals surface area contributed by atoms with Gasteiger partial charge in [-0.25, -0.2) is 13.2 Å². The summed E-state index contributed by atoms with van der Waals surface area (Å²) in [7, 11) is -3.70. The average Bonchev–Trinajstić information content (AvgIpc) is 3.12. The lowest BCUT2D eigenvalue weighted by molar-refractivity contribution is -0.144. The number of hydrogen-bond acceptors (Lipinski definition) is 6. The Morgan fingerprint density at radius 1 is 1.06 bits per heavy atom. The van der Waals surface area contributed by atoms with E-state index in [1.165, 1.54) is 4.31 Å². The van der Waals surface area contributed by atoms with Crippen LogP contribution in [0.5, 0.6) is 0 Å². The van der Waals surface area contributed by atoms with Gasteiger partial charge >= 0.3 is 6.03 Å². The van der Waals surface area contributed by atoms with E-state index in [1.807, 2.05) is 4.90 Å². The van der Waals surface area contributed by atoms with Crippen LogP contribution >= 0.6 is 0 Å². The van der Waals surface area contributed by atoms with Crippen molar-refractivity contribution in [3.05, 3.63) is 11.5 Å². The summed E-state index contributed by atoms with van der Waals surface area (Å²) in [5, 5.41) is 3.77. The molecule has 0 radical (unpaired) electrons. The van der Waals surface area contributed by atoms with E-state index in [4.69, 9.17) is 4.52 Å². The molecule has 5 rings (SSSR count). The lowest BCUT2D eigenvalue weighted by Crippen LogP contribution is -2.63. The van der Waals surface area contributed by atoms with Gasteiger partial charge in [0.1, 0.15) is 10.6 Å². The van der Waals surface area contributed by atoms with Crippen LogP contribution in [0.1, 0.15) is 37.1 Å². The molecule has 0 spiro atoms. The second kappa shape index (κ2) is 8.02. The maximum absolute atomic E-state index is 13.3. The van der Waals surface area contributed by atoms with Crippen molar-refractivity contribution >= 4 is 22.0 Å². The van der Waals surface area contributed by atoms with Gasteiger partial charge in [-0.2, -0.15) is 4.31 Å². The number of piperidine rings is 3. The zero-order valence-electron chi connectivity index (χ0n) is 18.7. The van der Waals surface area contributed by atoms with Gasteiger partial charge in [-0.05, 0) is 44.9 Å². The Balaban J connectivity index is 1.22. The van der Waals surface area contributed by atoms with E-state index in [2.05, 4.69) is 10.1 Å². The molecule has 0 aliphatic carbocycles. The predicted molar refractivity (Wildman–Crippen MR) is 114 cm³/mol. The van der Waals surface area contributed by atoms with E-state index in [1.54, 1.807) is 18.7 Å². The first-order valence-corrected chi connectivity index (χ1v) is 13.0. The van der Waals surface area contributed by atoms with Gasteiger partial charge < -0.3 is 19.2 Å². The summed E-state index contributed by atoms with van der Waals surface area (Å²) in [4.78, 5) is 31.5. The smallest absolute Gasteiger partial charge is 0.320 e. The highest BCUT2D eigenvalue weighted by molar-refractivity contribution is 7.89. The number of likely N-dealkylation sites (tertiary alicyclic amines) is 1. The van der Waals surface area contributed by atoms with Gasteiger partial charge in [-0.1, -0.05) is 5.16 Å². The molecule has 0 aromatic carbocycles. The van der Waals surface area contributed by atoms with Crippen LogP contribution in [0.3, 0.4) is 0 Å².